The summed E-state index contributed by atoms with van der Waals surface area (Å²) >= 11 is 0. The fraction of sp³-hybridized carbons (Fsp3) is 0.190. The van der Waals surface area contributed by atoms with E-state index in [9.17, 15) is 4.79 Å². The first-order chi connectivity index (χ1) is 13.3. The summed E-state index contributed by atoms with van der Waals surface area (Å²) in [5.74, 6) is 0.851. The predicted octanol–water partition coefficient (Wildman–Crippen LogP) is 3.78. The Morgan fingerprint density at radius 3 is 2.44 bits per heavy atom. The third-order valence-electron chi connectivity index (χ3n) is 3.89. The monoisotopic (exact) mass is 362 g/mol. The highest BCUT2D eigenvalue weighted by molar-refractivity contribution is 6.04. The van der Waals surface area contributed by atoms with E-state index in [1.54, 1.807) is 6.07 Å². The molecular formula is C21H22N4O2. The summed E-state index contributed by atoms with van der Waals surface area (Å²) in [5.41, 5.74) is 2.25. The van der Waals surface area contributed by atoms with Crippen molar-refractivity contribution in [3.8, 4) is 5.75 Å². The molecule has 0 saturated heterocycles. The standard InChI is InChI=1S/C21H22N4O2/c1-2-27-19-11-7-6-10-18(19)25-20(26)17-14-23-21(24-15-17)22-13-12-16-8-4-3-5-9-16/h3-11,14-15H,2,12-13H2,1H3,(H,25,26)(H,22,23,24). The maximum absolute atomic E-state index is 12.4. The molecular weight excluding hydrogens is 340 g/mol. The predicted molar refractivity (Wildman–Crippen MR) is 106 cm³/mol. The smallest absolute Gasteiger partial charge is 0.258 e. The largest absolute Gasteiger partial charge is 0.492 e. The van der Waals surface area contributed by atoms with Gasteiger partial charge in [0.05, 0.1) is 17.9 Å². The van der Waals surface area contributed by atoms with Crippen molar-refractivity contribution in [2.24, 2.45) is 0 Å². The molecule has 0 fully saturated rings. The number of nitrogens with one attached hydrogen (secondary N) is 2. The van der Waals surface area contributed by atoms with Crippen molar-refractivity contribution in [3.05, 3.63) is 78.1 Å². The van der Waals surface area contributed by atoms with Crippen LogP contribution < -0.4 is 15.4 Å². The van der Waals surface area contributed by atoms with E-state index < -0.39 is 0 Å². The number of nitrogens with zero attached hydrogens (tertiary/aromatic N) is 2. The highest BCUT2D eigenvalue weighted by atomic mass is 16.5. The van der Waals surface area contributed by atoms with Crippen LogP contribution in [0.3, 0.4) is 0 Å². The molecule has 0 aliphatic carbocycles. The highest BCUT2D eigenvalue weighted by Gasteiger charge is 2.10. The second-order valence-electron chi connectivity index (χ2n) is 5.84. The third-order valence-corrected chi connectivity index (χ3v) is 3.89. The van der Waals surface area contributed by atoms with Gasteiger partial charge in [0.1, 0.15) is 5.75 Å². The van der Waals surface area contributed by atoms with Crippen LogP contribution >= 0.6 is 0 Å². The number of para-hydroxylation sites is 2. The van der Waals surface area contributed by atoms with Gasteiger partial charge in [-0.15, -0.1) is 0 Å². The molecule has 3 aromatic rings. The number of amides is 1. The summed E-state index contributed by atoms with van der Waals surface area (Å²) in [4.78, 5) is 20.8. The Hall–Kier alpha value is -3.41. The van der Waals surface area contributed by atoms with Gasteiger partial charge in [0.2, 0.25) is 5.95 Å². The van der Waals surface area contributed by atoms with E-state index in [1.165, 1.54) is 18.0 Å². The second-order valence-corrected chi connectivity index (χ2v) is 5.84. The Labute approximate surface area is 158 Å². The van der Waals surface area contributed by atoms with Crippen molar-refractivity contribution in [2.75, 3.05) is 23.8 Å². The molecule has 6 nitrogen and oxygen atoms in total. The van der Waals surface area contributed by atoms with Crippen LogP contribution in [0.25, 0.3) is 0 Å². The number of anilines is 2. The van der Waals surface area contributed by atoms with Crippen LogP contribution in [0, 0.1) is 0 Å². The quantitative estimate of drug-likeness (QED) is 0.638. The molecule has 1 amide bonds. The lowest BCUT2D eigenvalue weighted by Gasteiger charge is -2.11. The van der Waals surface area contributed by atoms with Gasteiger partial charge in [-0.25, -0.2) is 9.97 Å². The van der Waals surface area contributed by atoms with Crippen LogP contribution in [0.2, 0.25) is 0 Å². The number of ether oxygens (including phenoxy) is 1. The third kappa shape index (κ3) is 5.28. The van der Waals surface area contributed by atoms with Crippen LogP contribution in [0.1, 0.15) is 22.8 Å². The van der Waals surface area contributed by atoms with Gasteiger partial charge < -0.3 is 15.4 Å². The molecule has 0 atom stereocenters. The van der Waals surface area contributed by atoms with Gasteiger partial charge >= 0.3 is 0 Å². The number of hydrogen-bond acceptors (Lipinski definition) is 5. The Morgan fingerprint density at radius 1 is 1.00 bits per heavy atom. The molecule has 0 bridgehead atoms. The number of carbonyl (C=O) groups excluding carboxylic acids is 1. The molecule has 2 N–H and O–H groups in total. The van der Waals surface area contributed by atoms with Crippen molar-refractivity contribution in [3.63, 3.8) is 0 Å². The lowest BCUT2D eigenvalue weighted by molar-refractivity contribution is 0.102. The van der Waals surface area contributed by atoms with Crippen molar-refractivity contribution in [1.82, 2.24) is 9.97 Å². The molecule has 3 rings (SSSR count). The summed E-state index contributed by atoms with van der Waals surface area (Å²) in [6.07, 6.45) is 3.90. The van der Waals surface area contributed by atoms with Gasteiger partial charge in [0.15, 0.2) is 0 Å². The van der Waals surface area contributed by atoms with Gasteiger partial charge in [-0.05, 0) is 31.0 Å². The minimum atomic E-state index is -0.280. The maximum atomic E-state index is 12.4. The molecule has 0 aliphatic rings. The minimum absolute atomic E-state index is 0.280. The van der Waals surface area contributed by atoms with E-state index in [4.69, 9.17) is 4.74 Å². The van der Waals surface area contributed by atoms with Crippen molar-refractivity contribution >= 4 is 17.5 Å². The van der Waals surface area contributed by atoms with Crippen molar-refractivity contribution in [1.29, 1.82) is 0 Å². The number of carbonyl (C=O) groups is 1. The zero-order valence-corrected chi connectivity index (χ0v) is 15.2. The molecule has 0 saturated carbocycles. The first-order valence-corrected chi connectivity index (χ1v) is 8.89. The Balaban J connectivity index is 1.56. The molecule has 6 heteroatoms. The fourth-order valence-corrected chi connectivity index (χ4v) is 2.55. The van der Waals surface area contributed by atoms with Crippen LogP contribution in [0.4, 0.5) is 11.6 Å². The fourth-order valence-electron chi connectivity index (χ4n) is 2.55. The molecule has 27 heavy (non-hydrogen) atoms. The summed E-state index contributed by atoms with van der Waals surface area (Å²) in [6, 6.07) is 17.5. The van der Waals surface area contributed by atoms with Gasteiger partial charge in [0, 0.05) is 18.9 Å². The molecule has 1 heterocycles. The van der Waals surface area contributed by atoms with Gasteiger partial charge in [-0.1, -0.05) is 42.5 Å². The van der Waals surface area contributed by atoms with E-state index in [0.717, 1.165) is 13.0 Å². The van der Waals surface area contributed by atoms with Crippen LogP contribution in [-0.4, -0.2) is 29.0 Å². The van der Waals surface area contributed by atoms with E-state index in [2.05, 4.69) is 32.7 Å². The number of benzene rings is 2. The molecule has 1 aromatic heterocycles. The normalized spacial score (nSPS) is 10.3. The molecule has 0 aliphatic heterocycles. The molecule has 0 radical (unpaired) electrons. The SMILES string of the molecule is CCOc1ccccc1NC(=O)c1cnc(NCCc2ccccc2)nc1. The average Bonchev–Trinajstić information content (AvgIpc) is 2.71. The molecule has 2 aromatic carbocycles. The number of aromatic nitrogens is 2. The lowest BCUT2D eigenvalue weighted by atomic mass is 10.1. The second kappa shape index (κ2) is 9.33. The number of hydrogen-bond donors (Lipinski definition) is 2. The molecule has 138 valence electrons. The Bertz CT molecular complexity index is 867. The zero-order chi connectivity index (χ0) is 18.9. The lowest BCUT2D eigenvalue weighted by Crippen LogP contribution is -2.14. The average molecular weight is 362 g/mol. The first-order valence-electron chi connectivity index (χ1n) is 8.89. The van der Waals surface area contributed by atoms with Crippen LogP contribution in [0.15, 0.2) is 67.0 Å². The summed E-state index contributed by atoms with van der Waals surface area (Å²) < 4.78 is 5.52. The van der Waals surface area contributed by atoms with Crippen molar-refractivity contribution in [2.45, 2.75) is 13.3 Å². The molecule has 0 unspecified atom stereocenters. The Morgan fingerprint density at radius 2 is 1.70 bits per heavy atom. The molecule has 0 spiro atoms. The number of rotatable bonds is 8. The van der Waals surface area contributed by atoms with Crippen molar-refractivity contribution < 1.29 is 9.53 Å². The topological polar surface area (TPSA) is 76.1 Å². The van der Waals surface area contributed by atoms with Gasteiger partial charge in [0.25, 0.3) is 5.91 Å². The van der Waals surface area contributed by atoms with Crippen LogP contribution in [-0.2, 0) is 6.42 Å². The van der Waals surface area contributed by atoms with Gasteiger partial charge in [-0.2, -0.15) is 0 Å². The summed E-state index contributed by atoms with van der Waals surface area (Å²) in [7, 11) is 0. The van der Waals surface area contributed by atoms with E-state index in [1.807, 2.05) is 43.3 Å². The van der Waals surface area contributed by atoms with E-state index in [0.29, 0.717) is 29.6 Å². The minimum Gasteiger partial charge on any atom is -0.492 e. The Kier molecular flexibility index (Phi) is 6.35. The van der Waals surface area contributed by atoms with E-state index in [-0.39, 0.29) is 5.91 Å². The zero-order valence-electron chi connectivity index (χ0n) is 15.2. The summed E-state index contributed by atoms with van der Waals surface area (Å²) in [6.45, 7) is 3.15. The maximum Gasteiger partial charge on any atom is 0.258 e. The first kappa shape index (κ1) is 18.4. The van der Waals surface area contributed by atoms with E-state index >= 15 is 0 Å². The van der Waals surface area contributed by atoms with Crippen LogP contribution in [0.5, 0.6) is 5.75 Å². The highest BCUT2D eigenvalue weighted by Crippen LogP contribution is 2.24. The summed E-state index contributed by atoms with van der Waals surface area (Å²) in [5, 5.41) is 5.99. The van der Waals surface area contributed by atoms with Gasteiger partial charge in [-0.3, -0.25) is 4.79 Å².